The summed E-state index contributed by atoms with van der Waals surface area (Å²) in [5.41, 5.74) is 0. The predicted molar refractivity (Wildman–Crippen MR) is 59.3 cm³/mol. The lowest BCUT2D eigenvalue weighted by atomic mass is 10.1. The molecule has 0 saturated carbocycles. The lowest BCUT2D eigenvalue weighted by Crippen LogP contribution is -2.31. The van der Waals surface area contributed by atoms with Gasteiger partial charge in [-0.25, -0.2) is 0 Å². The molecule has 0 aromatic carbocycles. The molecule has 1 unspecified atom stereocenters. The van der Waals surface area contributed by atoms with Crippen LogP contribution < -0.4 is 0 Å². The van der Waals surface area contributed by atoms with Crippen molar-refractivity contribution in [3.05, 3.63) is 12.7 Å². The van der Waals surface area contributed by atoms with Crippen molar-refractivity contribution in [1.82, 2.24) is 4.90 Å². The minimum Gasteiger partial charge on any atom is -0.300 e. The monoisotopic (exact) mass is 195 g/mol. The Balaban J connectivity index is 2.27. The van der Waals surface area contributed by atoms with Crippen molar-refractivity contribution in [1.29, 1.82) is 0 Å². The molecule has 1 atom stereocenters. The highest BCUT2D eigenvalue weighted by Crippen LogP contribution is 2.20. The van der Waals surface area contributed by atoms with Gasteiger partial charge in [0, 0.05) is 12.5 Å². The fourth-order valence-corrected chi connectivity index (χ4v) is 2.19. The molecular weight excluding hydrogens is 174 g/mol. The van der Waals surface area contributed by atoms with Crippen LogP contribution in [0.1, 0.15) is 39.0 Å². The number of rotatable bonds is 6. The van der Waals surface area contributed by atoms with Crippen LogP contribution in [0.15, 0.2) is 12.7 Å². The second kappa shape index (κ2) is 5.97. The number of ketones is 1. The van der Waals surface area contributed by atoms with Crippen LogP contribution in [0.2, 0.25) is 0 Å². The van der Waals surface area contributed by atoms with Crippen molar-refractivity contribution in [2.24, 2.45) is 0 Å². The predicted octanol–water partition coefficient (Wildman–Crippen LogP) is 2.40. The molecule has 2 heteroatoms. The maximum atomic E-state index is 11.0. The highest BCUT2D eigenvalue weighted by atomic mass is 16.1. The van der Waals surface area contributed by atoms with Crippen LogP contribution in [-0.4, -0.2) is 29.8 Å². The minimum atomic E-state index is 0.325. The van der Waals surface area contributed by atoms with E-state index < -0.39 is 0 Å². The van der Waals surface area contributed by atoms with E-state index >= 15 is 0 Å². The zero-order chi connectivity index (χ0) is 10.4. The van der Waals surface area contributed by atoms with Crippen LogP contribution >= 0.6 is 0 Å². The van der Waals surface area contributed by atoms with Crippen molar-refractivity contribution in [3.8, 4) is 0 Å². The number of Topliss-reactive ketones (excluding diaryl/α,β-unsaturated/α-hetero) is 1. The Labute approximate surface area is 87.0 Å². The van der Waals surface area contributed by atoms with Crippen molar-refractivity contribution >= 4 is 5.78 Å². The molecule has 0 aromatic heterocycles. The summed E-state index contributed by atoms with van der Waals surface area (Å²) in [5.74, 6) is 0.325. The Kier molecular flexibility index (Phi) is 4.88. The van der Waals surface area contributed by atoms with Gasteiger partial charge in [-0.1, -0.05) is 6.08 Å². The van der Waals surface area contributed by atoms with E-state index in [0.717, 1.165) is 19.4 Å². The van der Waals surface area contributed by atoms with E-state index in [2.05, 4.69) is 11.5 Å². The topological polar surface area (TPSA) is 20.3 Å². The molecule has 0 aromatic rings. The van der Waals surface area contributed by atoms with Gasteiger partial charge in [-0.2, -0.15) is 0 Å². The van der Waals surface area contributed by atoms with Gasteiger partial charge in [0.1, 0.15) is 5.78 Å². The fraction of sp³-hybridized carbons (Fsp3) is 0.750. The maximum absolute atomic E-state index is 11.0. The number of hydrogen-bond donors (Lipinski definition) is 0. The normalized spacial score (nSPS) is 22.5. The molecule has 1 rings (SSSR count). The second-order valence-electron chi connectivity index (χ2n) is 4.17. The van der Waals surface area contributed by atoms with Crippen molar-refractivity contribution in [2.75, 3.05) is 13.1 Å². The Bertz CT molecular complexity index is 200. The molecule has 0 spiro atoms. The number of likely N-dealkylation sites (tertiary alicyclic amines) is 1. The molecule has 1 aliphatic heterocycles. The van der Waals surface area contributed by atoms with E-state index in [1.165, 1.54) is 25.8 Å². The summed E-state index contributed by atoms with van der Waals surface area (Å²) in [7, 11) is 0. The average Bonchev–Trinajstić information content (AvgIpc) is 2.52. The van der Waals surface area contributed by atoms with Crippen LogP contribution in [0.4, 0.5) is 0 Å². The molecule has 0 aliphatic carbocycles. The van der Waals surface area contributed by atoms with Crippen LogP contribution in [0.3, 0.4) is 0 Å². The lowest BCUT2D eigenvalue weighted by Gasteiger charge is -2.23. The zero-order valence-corrected chi connectivity index (χ0v) is 9.17. The van der Waals surface area contributed by atoms with Crippen molar-refractivity contribution in [3.63, 3.8) is 0 Å². The first-order valence-corrected chi connectivity index (χ1v) is 5.58. The van der Waals surface area contributed by atoms with Crippen LogP contribution in [-0.2, 0) is 4.79 Å². The minimum absolute atomic E-state index is 0.325. The third kappa shape index (κ3) is 3.62. The second-order valence-corrected chi connectivity index (χ2v) is 4.17. The Morgan fingerprint density at radius 3 is 3.07 bits per heavy atom. The molecule has 1 aliphatic rings. The first-order chi connectivity index (χ1) is 6.74. The van der Waals surface area contributed by atoms with Crippen LogP contribution in [0, 0.1) is 0 Å². The largest absolute Gasteiger partial charge is 0.300 e. The molecule has 0 amide bonds. The first kappa shape index (κ1) is 11.4. The number of unbranched alkanes of at least 4 members (excludes halogenated alkanes) is 1. The quantitative estimate of drug-likeness (QED) is 0.479. The van der Waals surface area contributed by atoms with E-state index in [4.69, 9.17) is 0 Å². The molecule has 1 fully saturated rings. The van der Waals surface area contributed by atoms with Gasteiger partial charge >= 0.3 is 0 Å². The van der Waals surface area contributed by atoms with Gasteiger partial charge in [0.2, 0.25) is 0 Å². The van der Waals surface area contributed by atoms with E-state index in [-0.39, 0.29) is 0 Å². The number of nitrogens with zero attached hydrogens (tertiary/aromatic N) is 1. The van der Waals surface area contributed by atoms with Gasteiger partial charge in [-0.3, -0.25) is 9.69 Å². The van der Waals surface area contributed by atoms with Crippen molar-refractivity contribution < 1.29 is 4.79 Å². The Morgan fingerprint density at radius 2 is 2.43 bits per heavy atom. The molecule has 0 bridgehead atoms. The van der Waals surface area contributed by atoms with Gasteiger partial charge in [-0.05, 0) is 45.7 Å². The highest BCUT2D eigenvalue weighted by Gasteiger charge is 2.24. The molecule has 1 saturated heterocycles. The SMILES string of the molecule is C=CCCCN1CCCC1CC(C)=O. The number of carbonyl (C=O) groups excluding carboxylic acids is 1. The zero-order valence-electron chi connectivity index (χ0n) is 9.17. The van der Waals surface area contributed by atoms with Crippen LogP contribution in [0.25, 0.3) is 0 Å². The summed E-state index contributed by atoms with van der Waals surface area (Å²) in [5, 5.41) is 0. The molecule has 2 nitrogen and oxygen atoms in total. The average molecular weight is 195 g/mol. The third-order valence-corrected chi connectivity index (χ3v) is 2.88. The van der Waals surface area contributed by atoms with Crippen LogP contribution in [0.5, 0.6) is 0 Å². The summed E-state index contributed by atoms with van der Waals surface area (Å²) in [6.07, 6.45) is 7.44. The number of hydrogen-bond acceptors (Lipinski definition) is 2. The van der Waals surface area contributed by atoms with Gasteiger partial charge in [0.15, 0.2) is 0 Å². The first-order valence-electron chi connectivity index (χ1n) is 5.58. The molecule has 14 heavy (non-hydrogen) atoms. The smallest absolute Gasteiger partial charge is 0.131 e. The maximum Gasteiger partial charge on any atom is 0.131 e. The van der Waals surface area contributed by atoms with Gasteiger partial charge in [0.05, 0.1) is 0 Å². The summed E-state index contributed by atoms with van der Waals surface area (Å²) in [6, 6.07) is 0.525. The Morgan fingerprint density at radius 1 is 1.64 bits per heavy atom. The number of allylic oxidation sites excluding steroid dienone is 1. The molecule has 1 heterocycles. The van der Waals surface area contributed by atoms with Gasteiger partial charge in [-0.15, -0.1) is 6.58 Å². The molecular formula is C12H21NO. The van der Waals surface area contributed by atoms with E-state index in [0.29, 0.717) is 11.8 Å². The summed E-state index contributed by atoms with van der Waals surface area (Å²) in [4.78, 5) is 13.5. The highest BCUT2D eigenvalue weighted by molar-refractivity contribution is 5.76. The molecule has 80 valence electrons. The molecule has 0 radical (unpaired) electrons. The Hall–Kier alpha value is -0.630. The molecule has 0 N–H and O–H groups in total. The van der Waals surface area contributed by atoms with E-state index in [1.807, 2.05) is 6.08 Å². The standard InChI is InChI=1S/C12H21NO/c1-3-4-5-8-13-9-6-7-12(13)10-11(2)14/h3,12H,1,4-10H2,2H3. The van der Waals surface area contributed by atoms with E-state index in [9.17, 15) is 4.79 Å². The summed E-state index contributed by atoms with van der Waals surface area (Å²) in [6.45, 7) is 7.72. The number of carbonyl (C=O) groups is 1. The van der Waals surface area contributed by atoms with Gasteiger partial charge < -0.3 is 0 Å². The summed E-state index contributed by atoms with van der Waals surface area (Å²) >= 11 is 0. The fourth-order valence-electron chi connectivity index (χ4n) is 2.19. The third-order valence-electron chi connectivity index (χ3n) is 2.88. The van der Waals surface area contributed by atoms with E-state index in [1.54, 1.807) is 6.92 Å². The summed E-state index contributed by atoms with van der Waals surface area (Å²) < 4.78 is 0. The van der Waals surface area contributed by atoms with Crippen molar-refractivity contribution in [2.45, 2.75) is 45.1 Å². The van der Waals surface area contributed by atoms with Gasteiger partial charge in [0.25, 0.3) is 0 Å². The lowest BCUT2D eigenvalue weighted by molar-refractivity contribution is -0.118.